The molecule has 0 aliphatic carbocycles. The summed E-state index contributed by atoms with van der Waals surface area (Å²) in [5, 5.41) is 14.6. The second-order valence-corrected chi connectivity index (χ2v) is 20.1. The molecule has 2 aromatic heterocycles. The zero-order valence-corrected chi connectivity index (χ0v) is 44.9. The molecule has 0 spiro atoms. The number of fused-ring (bicyclic) bond motifs is 3. The number of aromatic nitrogens is 2. The summed E-state index contributed by atoms with van der Waals surface area (Å²) in [6, 6.07) is 0.598. The number of hydrogen-bond acceptors (Lipinski definition) is 14. The average molecular weight is 1150 g/mol. The molecule has 0 bridgehead atoms. The van der Waals surface area contributed by atoms with Gasteiger partial charge in [-0.2, -0.15) is 0 Å². The molecule has 4 rings (SSSR count). The van der Waals surface area contributed by atoms with Gasteiger partial charge < -0.3 is 83.2 Å². The minimum absolute atomic E-state index is 0.00398. The van der Waals surface area contributed by atoms with E-state index in [0.717, 1.165) is 21.0 Å². The van der Waals surface area contributed by atoms with Gasteiger partial charge in [-0.15, -0.1) is 11.3 Å². The summed E-state index contributed by atoms with van der Waals surface area (Å²) in [5.41, 5.74) is 49.8. The number of rotatable bonds is 33. The van der Waals surface area contributed by atoms with Crippen LogP contribution in [0.5, 0.6) is 0 Å². The Morgan fingerprint density at radius 1 is 0.684 bits per heavy atom. The predicted molar refractivity (Wildman–Crippen MR) is 297 cm³/mol. The molecule has 1 fully saturated rings. The highest BCUT2D eigenvalue weighted by atomic mass is 79.9. The third-order valence-electron chi connectivity index (χ3n) is 12.1. The summed E-state index contributed by atoms with van der Waals surface area (Å²) in [4.78, 5) is 119. The van der Waals surface area contributed by atoms with Crippen LogP contribution in [0, 0.1) is 0 Å². The van der Waals surface area contributed by atoms with Crippen molar-refractivity contribution in [3.8, 4) is 0 Å². The number of benzene rings is 1. The van der Waals surface area contributed by atoms with Gasteiger partial charge in [0, 0.05) is 53.7 Å². The van der Waals surface area contributed by atoms with Crippen molar-refractivity contribution < 1.29 is 28.8 Å². The highest BCUT2D eigenvalue weighted by Gasteiger charge is 2.33. The number of hydrogen-bond donors (Lipinski definition) is 15. The molecule has 5 unspecified atom stereocenters. The van der Waals surface area contributed by atoms with Gasteiger partial charge >= 0.3 is 0 Å². The van der Waals surface area contributed by atoms with Gasteiger partial charge in [-0.05, 0) is 102 Å². The number of H-pyrrole nitrogens is 1. The van der Waals surface area contributed by atoms with Crippen molar-refractivity contribution in [1.29, 1.82) is 0 Å². The van der Waals surface area contributed by atoms with Crippen LogP contribution in [0.15, 0.2) is 47.4 Å². The number of likely N-dealkylation sites (tertiary alicyclic amines) is 1. The van der Waals surface area contributed by atoms with E-state index in [1.54, 1.807) is 0 Å². The number of unbranched alkanes of at least 4 members (excludes halogenated alkanes) is 2. The zero-order valence-electron chi connectivity index (χ0n) is 42.5. The van der Waals surface area contributed by atoms with Gasteiger partial charge in [0.2, 0.25) is 35.4 Å². The van der Waals surface area contributed by atoms with Crippen LogP contribution in [0.2, 0.25) is 0 Å². The van der Waals surface area contributed by atoms with E-state index in [2.05, 4.69) is 67.5 Å². The first-order chi connectivity index (χ1) is 36.2. The lowest BCUT2D eigenvalue weighted by Gasteiger charge is -2.26. The molecule has 0 saturated carbocycles. The Bertz CT molecular complexity index is 2640. The molecule has 1 aliphatic rings. The molecule has 30 heteroatoms. The maximum absolute atomic E-state index is 14.1. The summed E-state index contributed by atoms with van der Waals surface area (Å²) >= 11 is 4.89. The SMILES string of the molecule is NC(=O)C(CCCN=C(N)N)NC(=O)C(CCCN=C(N)N)NC(=O)C(CCCN=C(N)N)NC(=O)C(CCCN=C(N)N)NC(=O)CCCCCNC(=O)C1CCCN1Cc1nc2c(sc3ccc(Br)cc32)c(=O)[nH]1. The summed E-state index contributed by atoms with van der Waals surface area (Å²) < 4.78 is 2.39. The largest absolute Gasteiger partial charge is 0.370 e. The van der Waals surface area contributed by atoms with Gasteiger partial charge in [0.1, 0.15) is 34.7 Å². The Morgan fingerprint density at radius 3 is 1.70 bits per heavy atom. The molecule has 3 aromatic rings. The van der Waals surface area contributed by atoms with Gasteiger partial charge in [-0.25, -0.2) is 4.98 Å². The van der Waals surface area contributed by atoms with Crippen molar-refractivity contribution in [2.45, 2.75) is 127 Å². The number of aliphatic imine (C=N–C) groups is 4. The summed E-state index contributed by atoms with van der Waals surface area (Å²) in [5.74, 6) is -3.82. The van der Waals surface area contributed by atoms with Crippen LogP contribution >= 0.6 is 27.3 Å². The van der Waals surface area contributed by atoms with Crippen LogP contribution in [0.4, 0.5) is 0 Å². The Labute approximate surface area is 451 Å². The quantitative estimate of drug-likeness (QED) is 0.0166. The number of carbonyl (C=O) groups excluding carboxylic acids is 6. The Kier molecular flexibility index (Phi) is 25.4. The van der Waals surface area contributed by atoms with Crippen LogP contribution < -0.4 is 83.7 Å². The van der Waals surface area contributed by atoms with Crippen molar-refractivity contribution in [1.82, 2.24) is 41.5 Å². The third kappa shape index (κ3) is 21.1. The number of thiophene rings is 1. The number of aromatic amines is 1. The Morgan fingerprint density at radius 2 is 1.18 bits per heavy atom. The Balaban J connectivity index is 1.36. The lowest BCUT2D eigenvalue weighted by atomic mass is 10.0. The van der Waals surface area contributed by atoms with E-state index in [-0.39, 0.29) is 119 Å². The monoisotopic (exact) mass is 1140 g/mol. The van der Waals surface area contributed by atoms with Crippen molar-refractivity contribution in [2.24, 2.45) is 71.6 Å². The standard InChI is InChI=1S/C46H74BrN21O7S/c47-25-15-16-32-26(23-25)35-36(76-32)42(75)67-33(66-35)24-68-22-8-13-31(68)41(74)57-17-3-1-2-14-34(69)62-28(10-5-19-59-44(51)52)38(71)64-30(12-7-21-61-46(55)56)40(73)65-29(11-6-20-60-45(53)54)39(72)63-27(37(48)70)9-4-18-58-43(49)50/h15-16,23,27-31H,1-14,17-22,24H2,(H2,48,70)(H,57,74)(H,62,69)(H,63,72)(H,64,71)(H,65,73)(H4,49,50,58)(H4,51,52,59)(H4,53,54,60)(H4,55,56,61)(H,66,67,75). The van der Waals surface area contributed by atoms with Gasteiger partial charge in [0.15, 0.2) is 23.8 Å². The molecule has 0 radical (unpaired) electrons. The summed E-state index contributed by atoms with van der Waals surface area (Å²) in [7, 11) is 0. The summed E-state index contributed by atoms with van der Waals surface area (Å²) in [6.45, 7) is 1.84. The van der Waals surface area contributed by atoms with E-state index in [9.17, 15) is 33.6 Å². The van der Waals surface area contributed by atoms with E-state index in [1.807, 2.05) is 23.1 Å². The number of amides is 6. The first kappa shape index (κ1) is 61.2. The zero-order chi connectivity index (χ0) is 55.7. The van der Waals surface area contributed by atoms with E-state index in [0.29, 0.717) is 61.4 Å². The topological polar surface area (TPSA) is 495 Å². The molecule has 418 valence electrons. The fraction of sp³-hybridized carbons (Fsp3) is 0.565. The van der Waals surface area contributed by atoms with Crippen molar-refractivity contribution in [2.75, 3.05) is 39.3 Å². The van der Waals surface area contributed by atoms with E-state index in [1.165, 1.54) is 11.3 Å². The minimum atomic E-state index is -1.27. The predicted octanol–water partition coefficient (Wildman–Crippen LogP) is -2.82. The number of nitrogens with two attached hydrogens (primary N) is 9. The summed E-state index contributed by atoms with van der Waals surface area (Å²) in [6.07, 6.45) is 4.25. The second kappa shape index (κ2) is 31.5. The van der Waals surface area contributed by atoms with Crippen LogP contribution in [0.25, 0.3) is 20.3 Å². The molecular formula is C46H74BrN21O7S. The number of halogens is 1. The maximum Gasteiger partial charge on any atom is 0.268 e. The average Bonchev–Trinajstić information content (AvgIpc) is 3.98. The first-order valence-corrected chi connectivity index (χ1v) is 26.7. The van der Waals surface area contributed by atoms with Crippen LogP contribution in [-0.2, 0) is 35.3 Å². The van der Waals surface area contributed by atoms with Crippen molar-refractivity contribution >= 4 is 107 Å². The maximum atomic E-state index is 14.1. The molecule has 1 aromatic carbocycles. The first-order valence-electron chi connectivity index (χ1n) is 25.1. The van der Waals surface area contributed by atoms with Crippen molar-refractivity contribution in [3.63, 3.8) is 0 Å². The van der Waals surface area contributed by atoms with Gasteiger partial charge in [0.25, 0.3) is 5.56 Å². The van der Waals surface area contributed by atoms with Crippen molar-refractivity contribution in [3.05, 3.63) is 38.9 Å². The van der Waals surface area contributed by atoms with Gasteiger partial charge in [-0.3, -0.25) is 58.4 Å². The third-order valence-corrected chi connectivity index (χ3v) is 13.7. The van der Waals surface area contributed by atoms with Gasteiger partial charge in [-0.1, -0.05) is 22.4 Å². The molecule has 1 aliphatic heterocycles. The molecule has 76 heavy (non-hydrogen) atoms. The fourth-order valence-corrected chi connectivity index (χ4v) is 9.74. The highest BCUT2D eigenvalue weighted by Crippen LogP contribution is 2.32. The number of nitrogens with zero attached hydrogens (tertiary/aromatic N) is 6. The van der Waals surface area contributed by atoms with E-state index < -0.39 is 59.7 Å². The second-order valence-electron chi connectivity index (χ2n) is 18.2. The van der Waals surface area contributed by atoms with E-state index >= 15 is 0 Å². The van der Waals surface area contributed by atoms with Crippen LogP contribution in [-0.4, -0.2) is 144 Å². The van der Waals surface area contributed by atoms with Crippen LogP contribution in [0.1, 0.15) is 95.7 Å². The highest BCUT2D eigenvalue weighted by molar-refractivity contribution is 9.10. The minimum Gasteiger partial charge on any atom is -0.370 e. The molecule has 28 nitrogen and oxygen atoms in total. The fourth-order valence-electron chi connectivity index (χ4n) is 8.36. The molecule has 5 atom stereocenters. The molecule has 1 saturated heterocycles. The molecule has 3 heterocycles. The smallest absolute Gasteiger partial charge is 0.268 e. The normalized spacial score (nSPS) is 14.8. The lowest BCUT2D eigenvalue weighted by Crippen LogP contribution is -2.58. The number of carbonyl (C=O) groups is 6. The lowest BCUT2D eigenvalue weighted by molar-refractivity contribution is -0.134. The number of guanidine groups is 4. The Hall–Kier alpha value is -7.34. The van der Waals surface area contributed by atoms with E-state index in [4.69, 9.17) is 56.6 Å². The van der Waals surface area contributed by atoms with Crippen LogP contribution in [0.3, 0.4) is 0 Å². The molecule has 6 amide bonds. The molecule has 24 N–H and O–H groups in total. The number of nitrogens with one attached hydrogen (secondary N) is 6. The van der Waals surface area contributed by atoms with Gasteiger partial charge in [0.05, 0.1) is 18.1 Å². The molecular weight excluding hydrogens is 1070 g/mol. The number of primary amides is 1.